The van der Waals surface area contributed by atoms with E-state index in [9.17, 15) is 4.79 Å². The predicted molar refractivity (Wildman–Crippen MR) is 37.0 cm³/mol. The first-order valence-corrected chi connectivity index (χ1v) is 3.19. The van der Waals surface area contributed by atoms with Crippen molar-refractivity contribution in [1.29, 1.82) is 0 Å². The number of hydrogen-bond donors (Lipinski definition) is 2. The maximum absolute atomic E-state index is 10.9. The van der Waals surface area contributed by atoms with E-state index in [0.717, 1.165) is 0 Å². The lowest BCUT2D eigenvalue weighted by Gasteiger charge is -1.94. The largest absolute Gasteiger partial charge is 0.289 e. The van der Waals surface area contributed by atoms with Crippen LogP contribution in [0.2, 0.25) is 0 Å². The van der Waals surface area contributed by atoms with Crippen LogP contribution in [0, 0.1) is 0 Å². The number of thiol groups is 1. The number of ketones is 1. The minimum Gasteiger partial charge on any atom is -0.289 e. The highest BCUT2D eigenvalue weighted by molar-refractivity contribution is 7.81. The lowest BCUT2D eigenvalue weighted by molar-refractivity contribution is 0.0984. The fourth-order valence-corrected chi connectivity index (χ4v) is 0.568. The number of aromatic amines is 1. The summed E-state index contributed by atoms with van der Waals surface area (Å²) in [5.41, 5.74) is 0. The van der Waals surface area contributed by atoms with Crippen LogP contribution in [0.4, 0.5) is 0 Å². The highest BCUT2D eigenvalue weighted by Gasteiger charge is 2.14. The lowest BCUT2D eigenvalue weighted by atomic mass is 10.3. The molecule has 0 aromatic carbocycles. The minimum atomic E-state index is -0.377. The van der Waals surface area contributed by atoms with Gasteiger partial charge in [-0.25, -0.2) is 0 Å². The monoisotopic (exact) mass is 158 g/mol. The van der Waals surface area contributed by atoms with E-state index in [1.807, 2.05) is 0 Å². The molecule has 0 aliphatic heterocycles. The average molecular weight is 158 g/mol. The standard InChI is InChI=1S/C4H6N4OS/c1-2(10)3(9)4-5-7-8-6-4/h2,10H,1H3,(H,5,6,7,8). The summed E-state index contributed by atoms with van der Waals surface area (Å²) in [6.07, 6.45) is 0. The van der Waals surface area contributed by atoms with Crippen LogP contribution in [0.5, 0.6) is 0 Å². The zero-order valence-electron chi connectivity index (χ0n) is 5.27. The third-order valence-corrected chi connectivity index (χ3v) is 1.18. The summed E-state index contributed by atoms with van der Waals surface area (Å²) in [5, 5.41) is 12.0. The molecule has 0 saturated heterocycles. The fourth-order valence-electron chi connectivity index (χ4n) is 0.453. The molecule has 5 nitrogen and oxygen atoms in total. The van der Waals surface area contributed by atoms with E-state index < -0.39 is 0 Å². The van der Waals surface area contributed by atoms with E-state index in [1.54, 1.807) is 6.92 Å². The van der Waals surface area contributed by atoms with Crippen LogP contribution in [-0.2, 0) is 0 Å². The Labute approximate surface area is 62.6 Å². The first-order chi connectivity index (χ1) is 4.72. The topological polar surface area (TPSA) is 71.5 Å². The molecule has 0 fully saturated rings. The summed E-state index contributed by atoms with van der Waals surface area (Å²) in [4.78, 5) is 10.9. The molecular formula is C4H6N4OS. The van der Waals surface area contributed by atoms with E-state index in [4.69, 9.17) is 0 Å². The molecule has 1 atom stereocenters. The normalized spacial score (nSPS) is 13.0. The van der Waals surface area contributed by atoms with Crippen molar-refractivity contribution in [1.82, 2.24) is 20.6 Å². The van der Waals surface area contributed by atoms with Gasteiger partial charge in [0.25, 0.3) is 0 Å². The molecule has 1 aromatic heterocycles. The van der Waals surface area contributed by atoms with Gasteiger partial charge in [0.05, 0.1) is 5.25 Å². The van der Waals surface area contributed by atoms with Gasteiger partial charge in [-0.3, -0.25) is 4.79 Å². The quantitative estimate of drug-likeness (QED) is 0.458. The van der Waals surface area contributed by atoms with Crippen LogP contribution in [0.1, 0.15) is 17.5 Å². The van der Waals surface area contributed by atoms with Crippen molar-refractivity contribution >= 4 is 18.4 Å². The third-order valence-electron chi connectivity index (χ3n) is 0.945. The second-order valence-electron chi connectivity index (χ2n) is 1.78. The molecule has 1 heterocycles. The van der Waals surface area contributed by atoms with E-state index in [2.05, 4.69) is 33.3 Å². The highest BCUT2D eigenvalue weighted by atomic mass is 32.1. The molecule has 0 amide bonds. The molecule has 0 saturated carbocycles. The van der Waals surface area contributed by atoms with Crippen LogP contribution in [0.25, 0.3) is 0 Å². The number of H-pyrrole nitrogens is 1. The summed E-state index contributed by atoms with van der Waals surface area (Å²) in [6, 6.07) is 0. The molecule has 0 spiro atoms. The SMILES string of the molecule is CC(S)C(=O)c1nn[nH]n1. The zero-order chi connectivity index (χ0) is 7.56. The maximum atomic E-state index is 10.9. The van der Waals surface area contributed by atoms with Crippen LogP contribution >= 0.6 is 12.6 Å². The second-order valence-corrected chi connectivity index (χ2v) is 2.55. The third kappa shape index (κ3) is 1.32. The molecule has 6 heteroatoms. The van der Waals surface area contributed by atoms with E-state index >= 15 is 0 Å². The fraction of sp³-hybridized carbons (Fsp3) is 0.500. The van der Waals surface area contributed by atoms with E-state index in [1.165, 1.54) is 0 Å². The second kappa shape index (κ2) is 2.78. The molecule has 1 rings (SSSR count). The van der Waals surface area contributed by atoms with Gasteiger partial charge in [0, 0.05) is 0 Å². The van der Waals surface area contributed by atoms with E-state index in [0.29, 0.717) is 0 Å². The average Bonchev–Trinajstić information content (AvgIpc) is 2.36. The molecule has 0 aliphatic carbocycles. The number of hydrogen-bond acceptors (Lipinski definition) is 5. The van der Waals surface area contributed by atoms with Gasteiger partial charge in [-0.05, 0) is 12.1 Å². The van der Waals surface area contributed by atoms with Gasteiger partial charge < -0.3 is 0 Å². The van der Waals surface area contributed by atoms with Gasteiger partial charge in [0.15, 0.2) is 0 Å². The van der Waals surface area contributed by atoms with Gasteiger partial charge in [0.2, 0.25) is 11.6 Å². The molecule has 54 valence electrons. The minimum absolute atomic E-state index is 0.0856. The first-order valence-electron chi connectivity index (χ1n) is 2.67. The van der Waals surface area contributed by atoms with Crippen molar-refractivity contribution < 1.29 is 4.79 Å². The van der Waals surface area contributed by atoms with Crippen molar-refractivity contribution in [3.05, 3.63) is 5.82 Å². The smallest absolute Gasteiger partial charge is 0.241 e. The summed E-state index contributed by atoms with van der Waals surface area (Å²) >= 11 is 3.91. The Balaban J connectivity index is 2.78. The van der Waals surface area contributed by atoms with Crippen molar-refractivity contribution in [2.75, 3.05) is 0 Å². The number of Topliss-reactive ketones (excluding diaryl/α,β-unsaturated/α-hetero) is 1. The molecular weight excluding hydrogens is 152 g/mol. The molecule has 1 N–H and O–H groups in total. The van der Waals surface area contributed by atoms with Crippen molar-refractivity contribution in [3.8, 4) is 0 Å². The Bertz CT molecular complexity index is 219. The summed E-state index contributed by atoms with van der Waals surface area (Å²) in [5.74, 6) is -0.139. The number of carbonyl (C=O) groups is 1. The van der Waals surface area contributed by atoms with Gasteiger partial charge >= 0.3 is 0 Å². The number of carbonyl (C=O) groups excluding carboxylic acids is 1. The number of tetrazole rings is 1. The van der Waals surface area contributed by atoms with Crippen LogP contribution in [0.15, 0.2) is 0 Å². The Morgan fingerprint density at radius 1 is 1.80 bits per heavy atom. The maximum Gasteiger partial charge on any atom is 0.241 e. The van der Waals surface area contributed by atoms with E-state index in [-0.39, 0.29) is 16.9 Å². The van der Waals surface area contributed by atoms with Gasteiger partial charge in [-0.2, -0.15) is 17.8 Å². The lowest BCUT2D eigenvalue weighted by Crippen LogP contribution is -2.12. The molecule has 10 heavy (non-hydrogen) atoms. The van der Waals surface area contributed by atoms with Gasteiger partial charge in [-0.1, -0.05) is 0 Å². The molecule has 0 radical (unpaired) electrons. The van der Waals surface area contributed by atoms with Crippen LogP contribution < -0.4 is 0 Å². The number of aromatic nitrogens is 4. The molecule has 0 aliphatic rings. The first kappa shape index (κ1) is 7.20. The Morgan fingerprint density at radius 2 is 2.50 bits per heavy atom. The van der Waals surface area contributed by atoms with Crippen molar-refractivity contribution in [2.24, 2.45) is 0 Å². The highest BCUT2D eigenvalue weighted by Crippen LogP contribution is 1.99. The summed E-state index contributed by atoms with van der Waals surface area (Å²) in [7, 11) is 0. The van der Waals surface area contributed by atoms with Gasteiger partial charge in [0.1, 0.15) is 0 Å². The molecule has 0 bridgehead atoms. The number of nitrogens with zero attached hydrogens (tertiary/aromatic N) is 3. The molecule has 1 unspecified atom stereocenters. The zero-order valence-corrected chi connectivity index (χ0v) is 6.17. The summed E-state index contributed by atoms with van der Waals surface area (Å²) in [6.45, 7) is 1.65. The van der Waals surface area contributed by atoms with Crippen LogP contribution in [0.3, 0.4) is 0 Å². The van der Waals surface area contributed by atoms with Crippen molar-refractivity contribution in [3.63, 3.8) is 0 Å². The Hall–Kier alpha value is -0.910. The van der Waals surface area contributed by atoms with Crippen LogP contribution in [-0.4, -0.2) is 31.7 Å². The number of nitrogens with one attached hydrogen (secondary N) is 1. The van der Waals surface area contributed by atoms with Gasteiger partial charge in [-0.15, -0.1) is 10.2 Å². The van der Waals surface area contributed by atoms with Crippen molar-refractivity contribution in [2.45, 2.75) is 12.2 Å². The molecule has 1 aromatic rings. The Morgan fingerprint density at radius 3 is 2.90 bits per heavy atom. The predicted octanol–water partition coefficient (Wildman–Crippen LogP) is -0.299. The number of rotatable bonds is 2. The summed E-state index contributed by atoms with van der Waals surface area (Å²) < 4.78 is 0. The Kier molecular flexibility index (Phi) is 2.00.